The molecule has 1 saturated heterocycles. The van der Waals surface area contributed by atoms with E-state index in [9.17, 15) is 19.8 Å². The number of benzene rings is 2. The van der Waals surface area contributed by atoms with Crippen LogP contribution < -0.4 is 4.74 Å². The molecule has 0 amide bonds. The van der Waals surface area contributed by atoms with Crippen molar-refractivity contribution in [3.63, 3.8) is 0 Å². The van der Waals surface area contributed by atoms with E-state index < -0.39 is 50.2 Å². The molecule has 0 saturated carbocycles. The molecule has 1 unspecified atom stereocenters. The topological polar surface area (TPSA) is 112 Å². The largest absolute Gasteiger partial charge is 0.494 e. The lowest BCUT2D eigenvalue weighted by molar-refractivity contribution is -0.152. The standard InChI is InChI=1S/C35H48O8Si/c1-23(25(3)36)17-18-29(41-34(39)26-13-10-9-11-14-26)32-30(42-35(4,5)43-32)16-12-15-27-22-28(40-19-20-44(6,7)8)21-24(2)31(27)33(37)38/h9-15,17-18,21-23,25,29-30,32,36H,16,19-20H2,1-8H3,(H,37,38)/b15-12+,18-17-/t23-,25+,29?,30+,32-/m1/s1. The number of aliphatic hydroxyl groups excluding tert-OH is 1. The number of rotatable bonds is 14. The number of aliphatic hydroxyl groups is 1. The number of aromatic carboxylic acids is 1. The van der Waals surface area contributed by atoms with Gasteiger partial charge in [0.05, 0.1) is 29.9 Å². The number of carboxylic acid groups (broad SMARTS) is 1. The number of carbonyl (C=O) groups excluding carboxylic acids is 1. The van der Waals surface area contributed by atoms with E-state index in [0.717, 1.165) is 6.04 Å². The van der Waals surface area contributed by atoms with Gasteiger partial charge in [-0.2, -0.15) is 0 Å². The van der Waals surface area contributed by atoms with Crippen LogP contribution in [0.4, 0.5) is 0 Å². The van der Waals surface area contributed by atoms with Crippen molar-refractivity contribution in [3.8, 4) is 5.75 Å². The van der Waals surface area contributed by atoms with Crippen LogP contribution in [-0.4, -0.2) is 67.0 Å². The maximum absolute atomic E-state index is 13.1. The molecule has 0 spiro atoms. The maximum atomic E-state index is 13.1. The van der Waals surface area contributed by atoms with E-state index in [0.29, 0.717) is 35.5 Å². The van der Waals surface area contributed by atoms with E-state index in [-0.39, 0.29) is 11.5 Å². The lowest BCUT2D eigenvalue weighted by Gasteiger charge is -2.25. The summed E-state index contributed by atoms with van der Waals surface area (Å²) in [6.45, 7) is 16.4. The van der Waals surface area contributed by atoms with Gasteiger partial charge in [0.2, 0.25) is 0 Å². The normalized spacial score (nSPS) is 20.5. The molecule has 1 aliphatic rings. The Labute approximate surface area is 262 Å². The van der Waals surface area contributed by atoms with Crippen LogP contribution in [0.1, 0.15) is 66.0 Å². The van der Waals surface area contributed by atoms with Crippen LogP contribution in [0.25, 0.3) is 6.08 Å². The van der Waals surface area contributed by atoms with E-state index in [1.807, 2.05) is 25.1 Å². The minimum absolute atomic E-state index is 0.181. The first-order valence-electron chi connectivity index (χ1n) is 15.2. The Morgan fingerprint density at radius 1 is 1.07 bits per heavy atom. The Kier molecular flexibility index (Phi) is 12.1. The molecule has 44 heavy (non-hydrogen) atoms. The van der Waals surface area contributed by atoms with Crippen molar-refractivity contribution in [1.29, 1.82) is 0 Å². The quantitative estimate of drug-likeness (QED) is 0.130. The number of carboxylic acids is 1. The highest BCUT2D eigenvalue weighted by molar-refractivity contribution is 6.76. The number of hydrogen-bond donors (Lipinski definition) is 2. The average molecular weight is 625 g/mol. The summed E-state index contributed by atoms with van der Waals surface area (Å²) in [5, 5.41) is 20.0. The average Bonchev–Trinajstić information content (AvgIpc) is 3.23. The second kappa shape index (κ2) is 15.2. The molecule has 0 aliphatic carbocycles. The Morgan fingerprint density at radius 2 is 1.75 bits per heavy atom. The first kappa shape index (κ1) is 35.2. The van der Waals surface area contributed by atoms with Gasteiger partial charge in [0.15, 0.2) is 5.79 Å². The fraction of sp³-hybridized carbons (Fsp3) is 0.486. The third-order valence-electron chi connectivity index (χ3n) is 7.50. The third-order valence-corrected chi connectivity index (χ3v) is 9.21. The minimum atomic E-state index is -1.29. The van der Waals surface area contributed by atoms with E-state index in [1.54, 1.807) is 76.2 Å². The van der Waals surface area contributed by atoms with Gasteiger partial charge in [0.25, 0.3) is 0 Å². The van der Waals surface area contributed by atoms with Gasteiger partial charge in [-0.05, 0) is 87.5 Å². The molecule has 3 rings (SSSR count). The van der Waals surface area contributed by atoms with Crippen LogP contribution in [-0.2, 0) is 14.2 Å². The second-order valence-electron chi connectivity index (χ2n) is 13.2. The van der Waals surface area contributed by atoms with Crippen LogP contribution >= 0.6 is 0 Å². The molecule has 2 N–H and O–H groups in total. The predicted molar refractivity (Wildman–Crippen MR) is 175 cm³/mol. The lowest BCUT2D eigenvalue weighted by atomic mass is 9.98. The molecule has 0 radical (unpaired) electrons. The minimum Gasteiger partial charge on any atom is -0.494 e. The summed E-state index contributed by atoms with van der Waals surface area (Å²) in [6.07, 6.45) is 4.99. The number of esters is 1. The van der Waals surface area contributed by atoms with Crippen LogP contribution in [0, 0.1) is 12.8 Å². The van der Waals surface area contributed by atoms with Crippen molar-refractivity contribution < 1.29 is 38.7 Å². The fourth-order valence-electron chi connectivity index (χ4n) is 4.84. The van der Waals surface area contributed by atoms with Crippen molar-refractivity contribution in [2.45, 2.75) is 96.9 Å². The number of ether oxygens (including phenoxy) is 4. The lowest BCUT2D eigenvalue weighted by Crippen LogP contribution is -2.37. The van der Waals surface area contributed by atoms with Gasteiger partial charge < -0.3 is 29.2 Å². The van der Waals surface area contributed by atoms with Gasteiger partial charge in [-0.3, -0.25) is 0 Å². The summed E-state index contributed by atoms with van der Waals surface area (Å²) in [6, 6.07) is 13.2. The zero-order chi connectivity index (χ0) is 32.7. The molecular formula is C35H48O8Si. The van der Waals surface area contributed by atoms with Gasteiger partial charge in [-0.15, -0.1) is 0 Å². The summed E-state index contributed by atoms with van der Waals surface area (Å²) in [4.78, 5) is 25.2. The molecule has 8 nitrogen and oxygen atoms in total. The molecule has 1 aliphatic heterocycles. The monoisotopic (exact) mass is 624 g/mol. The van der Waals surface area contributed by atoms with Crippen LogP contribution in [0.3, 0.4) is 0 Å². The van der Waals surface area contributed by atoms with Crippen LogP contribution in [0.2, 0.25) is 25.7 Å². The fourth-order valence-corrected chi connectivity index (χ4v) is 5.56. The Bertz CT molecular complexity index is 1330. The van der Waals surface area contributed by atoms with Crippen molar-refractivity contribution in [1.82, 2.24) is 0 Å². The highest BCUT2D eigenvalue weighted by Gasteiger charge is 2.45. The van der Waals surface area contributed by atoms with Gasteiger partial charge >= 0.3 is 11.9 Å². The van der Waals surface area contributed by atoms with Crippen LogP contribution in [0.15, 0.2) is 60.7 Å². The van der Waals surface area contributed by atoms with Crippen LogP contribution in [0.5, 0.6) is 5.75 Å². The van der Waals surface area contributed by atoms with Crippen molar-refractivity contribution in [2.24, 2.45) is 5.92 Å². The summed E-state index contributed by atoms with van der Waals surface area (Å²) in [7, 11) is -1.29. The Hall–Kier alpha value is -3.24. The number of hydrogen-bond acceptors (Lipinski definition) is 7. The van der Waals surface area contributed by atoms with Gasteiger partial charge in [0, 0.05) is 8.07 Å². The Morgan fingerprint density at radius 3 is 2.36 bits per heavy atom. The van der Waals surface area contributed by atoms with Crippen molar-refractivity contribution in [2.75, 3.05) is 6.61 Å². The zero-order valence-corrected chi connectivity index (χ0v) is 28.2. The van der Waals surface area contributed by atoms with Gasteiger partial charge in [-0.25, -0.2) is 9.59 Å². The second-order valence-corrected chi connectivity index (χ2v) is 18.8. The molecule has 2 aromatic carbocycles. The number of aryl methyl sites for hydroxylation is 1. The third kappa shape index (κ3) is 10.4. The zero-order valence-electron chi connectivity index (χ0n) is 27.2. The van der Waals surface area contributed by atoms with E-state index >= 15 is 0 Å². The molecule has 0 bridgehead atoms. The molecule has 9 heteroatoms. The number of carbonyl (C=O) groups is 2. The first-order chi connectivity index (χ1) is 20.6. The molecule has 1 fully saturated rings. The maximum Gasteiger partial charge on any atom is 0.338 e. The molecule has 1 heterocycles. The Balaban J connectivity index is 1.87. The first-order valence-corrected chi connectivity index (χ1v) is 18.9. The predicted octanol–water partition coefficient (Wildman–Crippen LogP) is 7.13. The summed E-state index contributed by atoms with van der Waals surface area (Å²) in [5.74, 6) is -2.01. The molecule has 5 atom stereocenters. The summed E-state index contributed by atoms with van der Waals surface area (Å²) < 4.78 is 24.5. The highest BCUT2D eigenvalue weighted by Crippen LogP contribution is 2.34. The SMILES string of the molecule is Cc1cc(OCC[Si](C)(C)C)cc(/C=C/C[C@@H]2OC(C)(C)O[C@@H]2C(/C=C\[C@@H](C)[C@H](C)O)OC(=O)c2ccccc2)c1C(=O)O. The van der Waals surface area contributed by atoms with Gasteiger partial charge in [-0.1, -0.05) is 63.0 Å². The van der Waals surface area contributed by atoms with E-state index in [1.165, 1.54) is 0 Å². The van der Waals surface area contributed by atoms with Crippen molar-refractivity contribution in [3.05, 3.63) is 82.9 Å². The summed E-state index contributed by atoms with van der Waals surface area (Å²) >= 11 is 0. The molecular weight excluding hydrogens is 576 g/mol. The smallest absolute Gasteiger partial charge is 0.338 e. The molecule has 2 aromatic rings. The summed E-state index contributed by atoms with van der Waals surface area (Å²) in [5.41, 5.74) is 1.77. The van der Waals surface area contributed by atoms with E-state index in [4.69, 9.17) is 18.9 Å². The molecule has 0 aromatic heterocycles. The highest BCUT2D eigenvalue weighted by atomic mass is 28.3. The molecule has 240 valence electrons. The van der Waals surface area contributed by atoms with Gasteiger partial charge in [0.1, 0.15) is 18.0 Å². The van der Waals surface area contributed by atoms with E-state index in [2.05, 4.69) is 19.6 Å². The van der Waals surface area contributed by atoms with Crippen molar-refractivity contribution >= 4 is 26.1 Å².